The van der Waals surface area contributed by atoms with Gasteiger partial charge in [-0.05, 0) is 17.9 Å². The number of carbonyl (C=O) groups is 2. The summed E-state index contributed by atoms with van der Waals surface area (Å²) in [6.45, 7) is 1.54. The smallest absolute Gasteiger partial charge is 0.358 e. The van der Waals surface area contributed by atoms with Gasteiger partial charge in [0.1, 0.15) is 11.7 Å². The molecule has 2 aromatic heterocycles. The van der Waals surface area contributed by atoms with Gasteiger partial charge in [-0.25, -0.2) is 0 Å². The van der Waals surface area contributed by atoms with Crippen LogP contribution in [0.4, 0.5) is 11.5 Å². The van der Waals surface area contributed by atoms with Gasteiger partial charge in [0, 0.05) is 13.2 Å². The van der Waals surface area contributed by atoms with Crippen molar-refractivity contribution in [2.75, 3.05) is 5.32 Å². The zero-order valence-corrected chi connectivity index (χ0v) is 13.7. The molecule has 2 rings (SSSR count). The first kappa shape index (κ1) is 17.7. The fourth-order valence-corrected chi connectivity index (χ4v) is 2.11. The van der Waals surface area contributed by atoms with Crippen molar-refractivity contribution in [2.45, 2.75) is 13.0 Å². The lowest BCUT2D eigenvalue weighted by Crippen LogP contribution is -2.32. The van der Waals surface area contributed by atoms with Crippen molar-refractivity contribution in [3.8, 4) is 6.07 Å². The van der Waals surface area contributed by atoms with Crippen LogP contribution in [-0.2, 0) is 14.1 Å². The van der Waals surface area contributed by atoms with E-state index < -0.39 is 28.6 Å². The molecule has 2 amide bonds. The Morgan fingerprint density at radius 2 is 2.00 bits per heavy atom. The average Bonchev–Trinajstić information content (AvgIpc) is 3.10. The molecule has 0 aliphatic heterocycles. The molecular weight excluding hydrogens is 330 g/mol. The molecule has 0 aliphatic carbocycles. The van der Waals surface area contributed by atoms with Crippen LogP contribution in [0.2, 0.25) is 0 Å². The molecule has 0 bridgehead atoms. The SMILES string of the molecule is CC(C#N)NC(=O)c1cc(NC(=O)c2cc([N+](=O)[O-])nn2C)cn1C. The van der Waals surface area contributed by atoms with Crippen molar-refractivity contribution in [3.05, 3.63) is 39.8 Å². The van der Waals surface area contributed by atoms with E-state index in [-0.39, 0.29) is 11.4 Å². The third kappa shape index (κ3) is 3.81. The first-order chi connectivity index (χ1) is 11.7. The molecule has 0 saturated carbocycles. The molecule has 0 aromatic carbocycles. The van der Waals surface area contributed by atoms with Crippen LogP contribution >= 0.6 is 0 Å². The molecule has 25 heavy (non-hydrogen) atoms. The lowest BCUT2D eigenvalue weighted by Gasteiger charge is -2.06. The largest absolute Gasteiger partial charge is 0.390 e. The Morgan fingerprint density at radius 1 is 1.32 bits per heavy atom. The van der Waals surface area contributed by atoms with Crippen LogP contribution in [0.15, 0.2) is 18.3 Å². The number of hydrogen-bond acceptors (Lipinski definition) is 6. The molecule has 2 aromatic rings. The topological polar surface area (TPSA) is 148 Å². The second-order valence-electron chi connectivity index (χ2n) is 5.27. The number of nitro groups is 1. The van der Waals surface area contributed by atoms with Crippen molar-refractivity contribution in [2.24, 2.45) is 14.1 Å². The minimum atomic E-state index is -0.696. The van der Waals surface area contributed by atoms with Crippen LogP contribution in [0.25, 0.3) is 0 Å². The minimum Gasteiger partial charge on any atom is -0.358 e. The molecular formula is C14H15N7O4. The van der Waals surface area contributed by atoms with Gasteiger partial charge in [-0.2, -0.15) is 9.94 Å². The molecule has 2 N–H and O–H groups in total. The second-order valence-corrected chi connectivity index (χ2v) is 5.27. The van der Waals surface area contributed by atoms with E-state index in [0.717, 1.165) is 10.7 Å². The van der Waals surface area contributed by atoms with E-state index in [1.807, 2.05) is 6.07 Å². The summed E-state index contributed by atoms with van der Waals surface area (Å²) in [6, 6.07) is 3.72. The Morgan fingerprint density at radius 3 is 2.56 bits per heavy atom. The van der Waals surface area contributed by atoms with Crippen LogP contribution in [0.3, 0.4) is 0 Å². The van der Waals surface area contributed by atoms with E-state index in [2.05, 4.69) is 15.7 Å². The Bertz CT molecular complexity index is 890. The van der Waals surface area contributed by atoms with Crippen LogP contribution in [-0.4, -0.2) is 37.1 Å². The summed E-state index contributed by atoms with van der Waals surface area (Å²) < 4.78 is 2.58. The zero-order chi connectivity index (χ0) is 18.7. The maximum atomic E-state index is 12.2. The van der Waals surface area contributed by atoms with Crippen molar-refractivity contribution in [1.82, 2.24) is 19.7 Å². The highest BCUT2D eigenvalue weighted by Gasteiger charge is 2.22. The molecule has 0 radical (unpaired) electrons. The van der Waals surface area contributed by atoms with Crippen LogP contribution in [0.1, 0.15) is 27.9 Å². The minimum absolute atomic E-state index is 0.000317. The van der Waals surface area contributed by atoms with E-state index in [4.69, 9.17) is 5.26 Å². The van der Waals surface area contributed by atoms with Crippen molar-refractivity contribution in [1.29, 1.82) is 5.26 Å². The summed E-state index contributed by atoms with van der Waals surface area (Å²) in [5.74, 6) is -1.51. The third-order valence-electron chi connectivity index (χ3n) is 3.32. The van der Waals surface area contributed by atoms with Crippen molar-refractivity contribution >= 4 is 23.3 Å². The molecule has 130 valence electrons. The van der Waals surface area contributed by atoms with E-state index >= 15 is 0 Å². The molecule has 11 nitrogen and oxygen atoms in total. The Kier molecular flexibility index (Phi) is 4.83. The number of carbonyl (C=O) groups excluding carboxylic acids is 2. The number of nitriles is 1. The third-order valence-corrected chi connectivity index (χ3v) is 3.32. The van der Waals surface area contributed by atoms with E-state index in [1.54, 1.807) is 14.0 Å². The van der Waals surface area contributed by atoms with Gasteiger partial charge in [0.05, 0.1) is 30.0 Å². The molecule has 0 saturated heterocycles. The number of rotatable bonds is 5. The quantitative estimate of drug-likeness (QED) is 0.597. The summed E-state index contributed by atoms with van der Waals surface area (Å²) in [5, 5.41) is 28.1. The molecule has 1 atom stereocenters. The zero-order valence-electron chi connectivity index (χ0n) is 13.7. The molecule has 1 unspecified atom stereocenters. The predicted octanol–water partition coefficient (Wildman–Crippen LogP) is 0.561. The number of hydrogen-bond donors (Lipinski definition) is 2. The van der Waals surface area contributed by atoms with Gasteiger partial charge in [-0.3, -0.25) is 9.59 Å². The van der Waals surface area contributed by atoms with E-state index in [0.29, 0.717) is 5.69 Å². The van der Waals surface area contributed by atoms with Gasteiger partial charge in [-0.15, -0.1) is 0 Å². The summed E-state index contributed by atoms with van der Waals surface area (Å²) >= 11 is 0. The van der Waals surface area contributed by atoms with Gasteiger partial charge in [0.15, 0.2) is 5.69 Å². The molecule has 0 spiro atoms. The standard InChI is InChI=1S/C14H15N7O4/c1-8(6-15)16-13(22)10-4-9(7-19(10)2)17-14(23)11-5-12(21(24)25)18-20(11)3/h4-5,7-8H,1-3H3,(H,16,22)(H,17,23). The predicted molar refractivity (Wildman–Crippen MR) is 85.8 cm³/mol. The van der Waals surface area contributed by atoms with Gasteiger partial charge in [0.25, 0.3) is 11.8 Å². The van der Waals surface area contributed by atoms with Crippen LogP contribution in [0, 0.1) is 21.4 Å². The highest BCUT2D eigenvalue weighted by atomic mass is 16.6. The molecule has 0 aliphatic rings. The molecule has 0 fully saturated rings. The maximum Gasteiger partial charge on any atom is 0.390 e. The number of aryl methyl sites for hydroxylation is 2. The Hall–Kier alpha value is -3.68. The van der Waals surface area contributed by atoms with Gasteiger partial charge >= 0.3 is 5.82 Å². The van der Waals surface area contributed by atoms with Crippen molar-refractivity contribution < 1.29 is 14.5 Å². The highest BCUT2D eigenvalue weighted by molar-refractivity contribution is 6.04. The Labute approximate surface area is 142 Å². The van der Waals surface area contributed by atoms with Crippen LogP contribution < -0.4 is 10.6 Å². The second kappa shape index (κ2) is 6.83. The number of amides is 2. The van der Waals surface area contributed by atoms with E-state index in [1.165, 1.54) is 23.9 Å². The molecule has 11 heteroatoms. The monoisotopic (exact) mass is 345 g/mol. The van der Waals surface area contributed by atoms with Crippen LogP contribution in [0.5, 0.6) is 0 Å². The lowest BCUT2D eigenvalue weighted by molar-refractivity contribution is -0.389. The average molecular weight is 345 g/mol. The number of anilines is 1. The first-order valence-electron chi connectivity index (χ1n) is 7.09. The molecule has 2 heterocycles. The Balaban J connectivity index is 2.17. The fourth-order valence-electron chi connectivity index (χ4n) is 2.11. The van der Waals surface area contributed by atoms with Gasteiger partial charge < -0.3 is 25.3 Å². The number of nitrogens with one attached hydrogen (secondary N) is 2. The summed E-state index contributed by atoms with van der Waals surface area (Å²) in [7, 11) is 3.02. The first-order valence-corrected chi connectivity index (χ1v) is 7.09. The maximum absolute atomic E-state index is 12.2. The normalized spacial score (nSPS) is 11.4. The number of aromatic nitrogens is 3. The summed E-state index contributed by atoms with van der Waals surface area (Å²) in [6.07, 6.45) is 1.51. The number of nitrogens with zero attached hydrogens (tertiary/aromatic N) is 5. The highest BCUT2D eigenvalue weighted by Crippen LogP contribution is 2.16. The van der Waals surface area contributed by atoms with Gasteiger partial charge in [-0.1, -0.05) is 0 Å². The van der Waals surface area contributed by atoms with E-state index in [9.17, 15) is 19.7 Å². The summed E-state index contributed by atoms with van der Waals surface area (Å²) in [5.41, 5.74) is 0.569. The summed E-state index contributed by atoms with van der Waals surface area (Å²) in [4.78, 5) is 34.3. The fraction of sp³-hybridized carbons (Fsp3) is 0.286. The van der Waals surface area contributed by atoms with Crippen molar-refractivity contribution in [3.63, 3.8) is 0 Å². The van der Waals surface area contributed by atoms with Gasteiger partial charge in [0.2, 0.25) is 0 Å². The lowest BCUT2D eigenvalue weighted by atomic mass is 10.3.